The summed E-state index contributed by atoms with van der Waals surface area (Å²) in [5.41, 5.74) is 2.44. The van der Waals surface area contributed by atoms with Crippen molar-refractivity contribution in [1.82, 2.24) is 14.5 Å². The first-order chi connectivity index (χ1) is 10.8. The quantitative estimate of drug-likeness (QED) is 0.536. The van der Waals surface area contributed by atoms with E-state index < -0.39 is 0 Å². The van der Waals surface area contributed by atoms with Crippen LogP contribution in [0, 0.1) is 6.92 Å². The molecule has 0 N–H and O–H groups in total. The highest BCUT2D eigenvalue weighted by Crippen LogP contribution is 2.15. The molecule has 0 fully saturated rings. The lowest BCUT2D eigenvalue weighted by Gasteiger charge is -2.07. The molecule has 0 atom stereocenters. The molecule has 0 saturated carbocycles. The fourth-order valence-corrected chi connectivity index (χ4v) is 2.42. The predicted octanol–water partition coefficient (Wildman–Crippen LogP) is 2.99. The van der Waals surface area contributed by atoms with Gasteiger partial charge in [-0.2, -0.15) is 0 Å². The van der Waals surface area contributed by atoms with Crippen LogP contribution in [0.25, 0.3) is 11.0 Å². The summed E-state index contributed by atoms with van der Waals surface area (Å²) in [5.74, 6) is 0.588. The van der Waals surface area contributed by atoms with Crippen LogP contribution in [0.4, 0.5) is 0 Å². The van der Waals surface area contributed by atoms with Gasteiger partial charge in [-0.25, -0.2) is 14.8 Å². The topological polar surface area (TPSA) is 57.0 Å². The molecule has 0 aliphatic rings. The lowest BCUT2D eigenvalue weighted by molar-refractivity contribution is 0.0489. The second-order valence-corrected chi connectivity index (χ2v) is 5.00. The zero-order valence-corrected chi connectivity index (χ0v) is 12.4. The largest absolute Gasteiger partial charge is 0.461 e. The lowest BCUT2D eigenvalue weighted by atomic mass is 10.3. The monoisotopic (exact) mass is 295 g/mol. The Morgan fingerprint density at radius 1 is 1.18 bits per heavy atom. The van der Waals surface area contributed by atoms with E-state index in [2.05, 4.69) is 20.6 Å². The highest BCUT2D eigenvalue weighted by atomic mass is 16.5. The van der Waals surface area contributed by atoms with Gasteiger partial charge < -0.3 is 9.30 Å². The van der Waals surface area contributed by atoms with Gasteiger partial charge in [0.1, 0.15) is 11.5 Å². The number of ether oxygens (including phenoxy) is 1. The van der Waals surface area contributed by atoms with Crippen molar-refractivity contribution in [2.75, 3.05) is 6.61 Å². The maximum absolute atomic E-state index is 11.8. The number of para-hydroxylation sites is 2. The molecule has 0 spiro atoms. The highest BCUT2D eigenvalue weighted by Gasteiger charge is 2.09. The maximum Gasteiger partial charge on any atom is 0.356 e. The minimum Gasteiger partial charge on any atom is -0.461 e. The number of hydrogen-bond donors (Lipinski definition) is 0. The molecule has 2 aromatic heterocycles. The summed E-state index contributed by atoms with van der Waals surface area (Å²) < 4.78 is 7.39. The SMILES string of the molecule is Cc1nc2ccccc2n1CCCOC(=O)c1ccccn1. The molecular weight excluding hydrogens is 278 g/mol. The third-order valence-corrected chi connectivity index (χ3v) is 3.48. The average molecular weight is 295 g/mol. The van der Waals surface area contributed by atoms with Crippen molar-refractivity contribution in [1.29, 1.82) is 0 Å². The summed E-state index contributed by atoms with van der Waals surface area (Å²) >= 11 is 0. The van der Waals surface area contributed by atoms with Gasteiger partial charge in [0.25, 0.3) is 0 Å². The van der Waals surface area contributed by atoms with E-state index in [1.165, 1.54) is 0 Å². The van der Waals surface area contributed by atoms with Gasteiger partial charge in [-0.15, -0.1) is 0 Å². The number of aromatic nitrogens is 3. The Bertz CT molecular complexity index is 781. The van der Waals surface area contributed by atoms with Crippen LogP contribution in [0.1, 0.15) is 22.7 Å². The van der Waals surface area contributed by atoms with Crippen LogP contribution in [0.3, 0.4) is 0 Å². The zero-order chi connectivity index (χ0) is 15.4. The third-order valence-electron chi connectivity index (χ3n) is 3.48. The Labute approximate surface area is 128 Å². The van der Waals surface area contributed by atoms with E-state index >= 15 is 0 Å². The number of aryl methyl sites for hydroxylation is 2. The minimum atomic E-state index is -0.382. The number of carbonyl (C=O) groups excluding carboxylic acids is 1. The van der Waals surface area contributed by atoms with Gasteiger partial charge in [-0.3, -0.25) is 0 Å². The molecule has 5 nitrogen and oxygen atoms in total. The standard InChI is InChI=1S/C17H17N3O2/c1-13-19-14-7-2-3-9-16(14)20(13)11-6-12-22-17(21)15-8-4-5-10-18-15/h2-5,7-10H,6,11-12H2,1H3. The molecular formula is C17H17N3O2. The molecule has 0 radical (unpaired) electrons. The van der Waals surface area contributed by atoms with Crippen LogP contribution < -0.4 is 0 Å². The van der Waals surface area contributed by atoms with Gasteiger partial charge in [0.15, 0.2) is 0 Å². The summed E-state index contributed by atoms with van der Waals surface area (Å²) in [5, 5.41) is 0. The van der Waals surface area contributed by atoms with Crippen LogP contribution in [-0.2, 0) is 11.3 Å². The van der Waals surface area contributed by atoms with Crippen LogP contribution in [0.2, 0.25) is 0 Å². The second kappa shape index (κ2) is 6.39. The van der Waals surface area contributed by atoms with Crippen LogP contribution in [0.15, 0.2) is 48.7 Å². The first kappa shape index (κ1) is 14.3. The summed E-state index contributed by atoms with van der Waals surface area (Å²) in [7, 11) is 0. The van der Waals surface area contributed by atoms with Gasteiger partial charge >= 0.3 is 5.97 Å². The van der Waals surface area contributed by atoms with E-state index in [1.807, 2.05) is 25.1 Å². The first-order valence-electron chi connectivity index (χ1n) is 7.26. The van der Waals surface area contributed by atoms with Crippen LogP contribution in [-0.4, -0.2) is 27.1 Å². The molecule has 0 saturated heterocycles. The fraction of sp³-hybridized carbons (Fsp3) is 0.235. The van der Waals surface area contributed by atoms with Gasteiger partial charge in [-0.05, 0) is 37.6 Å². The number of pyridine rings is 1. The van der Waals surface area contributed by atoms with Crippen molar-refractivity contribution in [3.8, 4) is 0 Å². The summed E-state index contributed by atoms with van der Waals surface area (Å²) in [6, 6.07) is 13.2. The number of fused-ring (bicyclic) bond motifs is 1. The van der Waals surface area contributed by atoms with Crippen molar-refractivity contribution < 1.29 is 9.53 Å². The summed E-state index contributed by atoms with van der Waals surface area (Å²) in [6.45, 7) is 3.11. The Morgan fingerprint density at radius 3 is 2.82 bits per heavy atom. The Morgan fingerprint density at radius 2 is 2.00 bits per heavy atom. The van der Waals surface area contributed by atoms with Gasteiger partial charge in [0, 0.05) is 12.7 Å². The van der Waals surface area contributed by atoms with Crippen LogP contribution >= 0.6 is 0 Å². The molecule has 22 heavy (non-hydrogen) atoms. The van der Waals surface area contributed by atoms with Gasteiger partial charge in [0.2, 0.25) is 0 Å². The number of imidazole rings is 1. The number of benzene rings is 1. The molecule has 112 valence electrons. The van der Waals surface area contributed by atoms with E-state index in [-0.39, 0.29) is 5.97 Å². The molecule has 0 unspecified atom stereocenters. The molecule has 0 aliphatic heterocycles. The van der Waals surface area contributed by atoms with Crippen molar-refractivity contribution in [2.45, 2.75) is 19.9 Å². The molecule has 1 aromatic carbocycles. The second-order valence-electron chi connectivity index (χ2n) is 5.00. The number of esters is 1. The summed E-state index contributed by atoms with van der Waals surface area (Å²) in [6.07, 6.45) is 2.32. The number of hydrogen-bond acceptors (Lipinski definition) is 4. The van der Waals surface area contributed by atoms with E-state index in [0.717, 1.165) is 29.8 Å². The van der Waals surface area contributed by atoms with E-state index in [4.69, 9.17) is 4.74 Å². The van der Waals surface area contributed by atoms with Gasteiger partial charge in [-0.1, -0.05) is 18.2 Å². The maximum atomic E-state index is 11.8. The van der Waals surface area contributed by atoms with Crippen molar-refractivity contribution in [2.24, 2.45) is 0 Å². The lowest BCUT2D eigenvalue weighted by Crippen LogP contribution is -2.10. The molecule has 5 heteroatoms. The third kappa shape index (κ3) is 2.98. The number of carbonyl (C=O) groups is 1. The normalized spacial score (nSPS) is 10.8. The van der Waals surface area contributed by atoms with Crippen molar-refractivity contribution in [3.05, 3.63) is 60.2 Å². The van der Waals surface area contributed by atoms with E-state index in [1.54, 1.807) is 24.4 Å². The van der Waals surface area contributed by atoms with Crippen LogP contribution in [0.5, 0.6) is 0 Å². The van der Waals surface area contributed by atoms with E-state index in [0.29, 0.717) is 12.3 Å². The Hall–Kier alpha value is -2.69. The smallest absolute Gasteiger partial charge is 0.356 e. The van der Waals surface area contributed by atoms with Crippen molar-refractivity contribution >= 4 is 17.0 Å². The average Bonchev–Trinajstić information content (AvgIpc) is 2.88. The fourth-order valence-electron chi connectivity index (χ4n) is 2.42. The minimum absolute atomic E-state index is 0.340. The molecule has 0 amide bonds. The Balaban J connectivity index is 1.57. The molecule has 0 bridgehead atoms. The molecule has 2 heterocycles. The van der Waals surface area contributed by atoms with E-state index in [9.17, 15) is 4.79 Å². The van der Waals surface area contributed by atoms with Crippen molar-refractivity contribution in [3.63, 3.8) is 0 Å². The first-order valence-corrected chi connectivity index (χ1v) is 7.26. The molecule has 0 aliphatic carbocycles. The number of nitrogens with zero attached hydrogens (tertiary/aromatic N) is 3. The molecule has 3 rings (SSSR count). The molecule has 3 aromatic rings. The summed E-state index contributed by atoms with van der Waals surface area (Å²) in [4.78, 5) is 20.3. The highest BCUT2D eigenvalue weighted by molar-refractivity contribution is 5.87. The van der Waals surface area contributed by atoms with Gasteiger partial charge in [0.05, 0.1) is 17.6 Å². The Kier molecular flexibility index (Phi) is 4.14. The number of rotatable bonds is 5. The zero-order valence-electron chi connectivity index (χ0n) is 12.4. The predicted molar refractivity (Wildman–Crippen MR) is 83.6 cm³/mol.